The number of Topliss-reactive ketones (excluding diaryl/α,β-unsaturated/α-hetero) is 1. The van der Waals surface area contributed by atoms with Crippen molar-refractivity contribution in [3.63, 3.8) is 0 Å². The molecule has 2 heterocycles. The van der Waals surface area contributed by atoms with Gasteiger partial charge in [-0.25, -0.2) is 0 Å². The van der Waals surface area contributed by atoms with Gasteiger partial charge in [0, 0.05) is 40.3 Å². The van der Waals surface area contributed by atoms with E-state index in [0.29, 0.717) is 11.4 Å². The molecule has 5 N–H and O–H groups in total. The van der Waals surface area contributed by atoms with Crippen molar-refractivity contribution in [1.29, 1.82) is 0 Å². The molecular weight excluding hydrogens is 624 g/mol. The van der Waals surface area contributed by atoms with Gasteiger partial charge >= 0.3 is 29.6 Å². The van der Waals surface area contributed by atoms with E-state index in [1.807, 2.05) is 37.0 Å². The Kier molecular flexibility index (Phi) is 12.0. The Morgan fingerprint density at radius 1 is 1.14 bits per heavy atom. The smallest absolute Gasteiger partial charge is 1.00 e. The van der Waals surface area contributed by atoms with Crippen LogP contribution in [0.4, 0.5) is 11.4 Å². The SMILES string of the molecule is CC1(C)C(=CC=CC=C2C(=O)c3ccccc3S2(O)O)N(CCCS(=O)(=O)O)c2ccc(NC(=O)CSCCO)cc21.[H-].[Na+]. The zero-order valence-corrected chi connectivity index (χ0v) is 28.6. The van der Waals surface area contributed by atoms with Crippen molar-refractivity contribution in [1.82, 2.24) is 0 Å². The van der Waals surface area contributed by atoms with Crippen LogP contribution >= 0.6 is 22.4 Å². The van der Waals surface area contributed by atoms with Gasteiger partial charge in [-0.05, 0) is 54.5 Å². The Labute approximate surface area is 281 Å². The molecule has 0 bridgehead atoms. The van der Waals surface area contributed by atoms with E-state index < -0.39 is 37.7 Å². The summed E-state index contributed by atoms with van der Waals surface area (Å²) in [6, 6.07) is 11.9. The third kappa shape index (κ3) is 8.03. The van der Waals surface area contributed by atoms with Crippen molar-refractivity contribution in [2.24, 2.45) is 0 Å². The van der Waals surface area contributed by atoms with Crippen LogP contribution in [0.1, 0.15) is 37.6 Å². The van der Waals surface area contributed by atoms with Crippen LogP contribution in [-0.2, 0) is 20.3 Å². The molecule has 0 spiro atoms. The molecule has 43 heavy (non-hydrogen) atoms. The van der Waals surface area contributed by atoms with E-state index in [2.05, 4.69) is 5.32 Å². The number of hydrogen-bond donors (Lipinski definition) is 5. The van der Waals surface area contributed by atoms with Gasteiger partial charge in [0.05, 0.1) is 23.0 Å². The molecule has 0 radical (unpaired) electrons. The van der Waals surface area contributed by atoms with Crippen molar-refractivity contribution >= 4 is 55.5 Å². The van der Waals surface area contributed by atoms with Crippen molar-refractivity contribution in [2.45, 2.75) is 30.6 Å². The number of rotatable bonds is 11. The Morgan fingerprint density at radius 3 is 2.51 bits per heavy atom. The molecule has 2 aliphatic rings. The molecule has 14 heteroatoms. The fourth-order valence-corrected chi connectivity index (χ4v) is 7.70. The number of fused-ring (bicyclic) bond motifs is 2. The van der Waals surface area contributed by atoms with Crippen molar-refractivity contribution in [3.8, 4) is 0 Å². The van der Waals surface area contributed by atoms with Gasteiger partial charge in [-0.15, -0.1) is 22.4 Å². The largest absolute Gasteiger partial charge is 1.00 e. The monoisotopic (exact) mass is 658 g/mol. The molecule has 2 aromatic rings. The number of carbonyl (C=O) groups excluding carboxylic acids is 2. The fourth-order valence-electron chi connectivity index (χ4n) is 5.07. The third-order valence-corrected chi connectivity index (χ3v) is 10.7. The first kappa shape index (κ1) is 35.6. The molecule has 0 aromatic heterocycles. The van der Waals surface area contributed by atoms with Gasteiger partial charge in [-0.1, -0.05) is 38.1 Å². The number of ketones is 1. The summed E-state index contributed by atoms with van der Waals surface area (Å²) in [5, 5.41) is 11.8. The molecule has 0 fully saturated rings. The molecule has 0 atom stereocenters. The van der Waals surface area contributed by atoms with Crippen LogP contribution in [0.25, 0.3) is 0 Å². The van der Waals surface area contributed by atoms with Crippen LogP contribution < -0.4 is 39.8 Å². The fraction of sp³-hybridized carbons (Fsp3) is 0.310. The van der Waals surface area contributed by atoms with Crippen LogP contribution in [0, 0.1) is 0 Å². The Balaban J connectivity index is 0.00000337. The zero-order valence-electron chi connectivity index (χ0n) is 25.2. The van der Waals surface area contributed by atoms with Crippen LogP contribution in [0.3, 0.4) is 0 Å². The number of nitrogens with zero attached hydrogens (tertiary/aromatic N) is 1. The Hall–Kier alpha value is -1.91. The molecule has 2 aliphatic heterocycles. The average Bonchev–Trinajstić information content (AvgIpc) is 3.24. The number of aliphatic hydroxyl groups excluding tert-OH is 1. The number of benzene rings is 2. The molecule has 228 valence electrons. The van der Waals surface area contributed by atoms with E-state index in [4.69, 9.17) is 5.11 Å². The van der Waals surface area contributed by atoms with Crippen LogP contribution in [0.5, 0.6) is 0 Å². The first-order chi connectivity index (χ1) is 19.8. The first-order valence-corrected chi connectivity index (χ1v) is 17.5. The quantitative estimate of drug-likeness (QED) is 0.105. The number of allylic oxidation sites excluding steroid dienone is 6. The second-order valence-electron chi connectivity index (χ2n) is 10.3. The summed E-state index contributed by atoms with van der Waals surface area (Å²) < 4.78 is 53.5. The summed E-state index contributed by atoms with van der Waals surface area (Å²) in [6.45, 7) is 4.26. The minimum atomic E-state index is -4.15. The van der Waals surface area contributed by atoms with E-state index in [1.54, 1.807) is 36.4 Å². The molecule has 1 amide bonds. The second-order valence-corrected chi connectivity index (χ2v) is 15.0. The number of thioether (sulfide) groups is 1. The van der Waals surface area contributed by atoms with Crippen LogP contribution in [-0.4, -0.2) is 69.3 Å². The van der Waals surface area contributed by atoms with E-state index in [1.165, 1.54) is 23.9 Å². The standard InChI is InChI=1S/C29H34N2O8S3.Na.H/c1-29(2)22-18-20(30-27(33)19-40-16-15-32)12-13-23(22)31(14-7-17-41(35,36)37)26(29)11-6-5-10-25-28(34)21-8-3-4-9-24(21)42(25,38)39;;/h3-6,8-13,18,32,38-39H,7,14-17,19H2,1-2H3,(H,30,33)(H,35,36,37);;/q;+1;-1. The summed E-state index contributed by atoms with van der Waals surface area (Å²) in [5.74, 6) is -0.383. The summed E-state index contributed by atoms with van der Waals surface area (Å²) in [5.41, 5.74) is 2.79. The van der Waals surface area contributed by atoms with Gasteiger partial charge < -0.3 is 16.7 Å². The van der Waals surface area contributed by atoms with Gasteiger partial charge in [-0.3, -0.25) is 23.2 Å². The van der Waals surface area contributed by atoms with E-state index in [9.17, 15) is 31.7 Å². The normalized spacial score (nSPS) is 19.4. The summed E-state index contributed by atoms with van der Waals surface area (Å²) in [6.07, 6.45) is 6.61. The van der Waals surface area contributed by atoms with Crippen LogP contribution in [0.2, 0.25) is 0 Å². The summed E-state index contributed by atoms with van der Waals surface area (Å²) >= 11 is 1.32. The van der Waals surface area contributed by atoms with E-state index >= 15 is 0 Å². The van der Waals surface area contributed by atoms with E-state index in [-0.39, 0.29) is 77.6 Å². The van der Waals surface area contributed by atoms with Crippen molar-refractivity contribution in [3.05, 3.63) is 88.5 Å². The van der Waals surface area contributed by atoms with Gasteiger partial charge in [-0.2, -0.15) is 8.42 Å². The maximum Gasteiger partial charge on any atom is 1.00 e. The van der Waals surface area contributed by atoms with E-state index in [0.717, 1.165) is 16.9 Å². The number of anilines is 2. The molecule has 0 saturated heterocycles. The Bertz CT molecular complexity index is 1590. The number of carbonyl (C=O) groups is 2. The predicted octanol–water partition coefficient (Wildman–Crippen LogP) is 2.17. The first-order valence-electron chi connectivity index (χ1n) is 13.1. The van der Waals surface area contributed by atoms with Gasteiger partial charge in [0.25, 0.3) is 10.1 Å². The Morgan fingerprint density at radius 2 is 1.84 bits per heavy atom. The van der Waals surface area contributed by atoms with Crippen molar-refractivity contribution < 1.29 is 67.8 Å². The molecule has 0 aliphatic carbocycles. The average molecular weight is 659 g/mol. The maximum absolute atomic E-state index is 12.8. The third-order valence-electron chi connectivity index (χ3n) is 7.01. The van der Waals surface area contributed by atoms with Crippen LogP contribution in [0.15, 0.2) is 82.3 Å². The minimum absolute atomic E-state index is 0. The molecule has 4 rings (SSSR count). The number of hydrogen-bond acceptors (Lipinski definition) is 9. The zero-order chi connectivity index (χ0) is 30.7. The van der Waals surface area contributed by atoms with Gasteiger partial charge in [0.1, 0.15) is 4.91 Å². The molecule has 0 saturated carbocycles. The molecule has 10 nitrogen and oxygen atoms in total. The molecular formula is C29H35N2NaO8S3. The summed E-state index contributed by atoms with van der Waals surface area (Å²) in [7, 11) is -7.57. The molecule has 0 unspecified atom stereocenters. The maximum atomic E-state index is 12.8. The second kappa shape index (κ2) is 14.5. The topological polar surface area (TPSA) is 164 Å². The molecule has 2 aromatic carbocycles. The van der Waals surface area contributed by atoms with Crippen molar-refractivity contribution in [2.75, 3.05) is 40.6 Å². The van der Waals surface area contributed by atoms with Gasteiger partial charge in [0.2, 0.25) is 11.7 Å². The minimum Gasteiger partial charge on any atom is -1.00 e. The van der Waals surface area contributed by atoms with Gasteiger partial charge in [0.15, 0.2) is 0 Å². The summed E-state index contributed by atoms with van der Waals surface area (Å²) in [4.78, 5) is 27.2. The number of nitrogens with one attached hydrogen (secondary N) is 1. The predicted molar refractivity (Wildman–Crippen MR) is 169 cm³/mol. The number of amides is 1. The number of aliphatic hydroxyl groups is 1.